The van der Waals surface area contributed by atoms with Crippen molar-refractivity contribution in [2.75, 3.05) is 57.4 Å². The highest BCUT2D eigenvalue weighted by molar-refractivity contribution is 8.76. The van der Waals surface area contributed by atoms with Gasteiger partial charge in [-0.25, -0.2) is 0 Å². The first-order valence-corrected chi connectivity index (χ1v) is 37.0. The van der Waals surface area contributed by atoms with Gasteiger partial charge in [0.2, 0.25) is 82.7 Å². The molecule has 0 spiro atoms. The molecule has 0 unspecified atom stereocenters. The van der Waals surface area contributed by atoms with Gasteiger partial charge in [-0.3, -0.25) is 76.9 Å². The van der Waals surface area contributed by atoms with E-state index in [1.807, 2.05) is 0 Å². The Hall–Kier alpha value is -8.43. The number of amides is 14. The number of aliphatic hydroxyl groups is 2. The van der Waals surface area contributed by atoms with Crippen LogP contribution in [0.5, 0.6) is 0 Å². The minimum atomic E-state index is -1.93. The molecule has 4 fully saturated rings. The molecule has 0 aromatic heterocycles. The quantitative estimate of drug-likeness (QED) is 0.0114. The first kappa shape index (κ1) is 86.0. The van der Waals surface area contributed by atoms with Crippen LogP contribution in [0.4, 0.5) is 0 Å². The number of nitrogens with two attached hydrogens (primary N) is 2. The van der Waals surface area contributed by atoms with E-state index in [1.165, 1.54) is 23.6 Å². The number of carboxylic acid groups (broad SMARTS) is 1. The molecule has 4 aliphatic heterocycles. The molecule has 14 amide bonds. The van der Waals surface area contributed by atoms with Crippen molar-refractivity contribution < 1.29 is 92.0 Å². The summed E-state index contributed by atoms with van der Waals surface area (Å²) in [5, 5.41) is 64.0. The lowest BCUT2D eigenvalue weighted by Crippen LogP contribution is -2.62. The number of nitrogens with one attached hydrogen (secondary N) is 13. The Bertz CT molecular complexity index is 3020. The number of aliphatic imine (C=N–C) groups is 1. The van der Waals surface area contributed by atoms with Crippen LogP contribution < -0.4 is 80.6 Å². The van der Waals surface area contributed by atoms with Gasteiger partial charge < -0.3 is 110 Å². The molecule has 0 aromatic rings. The third kappa shape index (κ3) is 26.1. The molecule has 4 rings (SSSR count). The molecular formula is C63H104N18O19S2. The lowest BCUT2D eigenvalue weighted by atomic mass is 9.96. The maximum Gasteiger partial charge on any atom is 0.305 e. The Balaban J connectivity index is 1.77. The second kappa shape index (κ2) is 42.9. The zero-order valence-corrected chi connectivity index (χ0v) is 60.6. The number of guanidine groups is 1. The second-order valence-corrected chi connectivity index (χ2v) is 28.5. The highest BCUT2D eigenvalue weighted by Crippen LogP contribution is 2.26. The smallest absolute Gasteiger partial charge is 0.305 e. The number of carbonyl (C=O) groups is 16. The number of carboxylic acids is 1. The van der Waals surface area contributed by atoms with Crippen molar-refractivity contribution in [2.24, 2.45) is 34.2 Å². The first-order valence-electron chi connectivity index (χ1n) is 34.5. The summed E-state index contributed by atoms with van der Waals surface area (Å²) in [6.07, 6.45) is 2.73. The van der Waals surface area contributed by atoms with Crippen LogP contribution in [0.15, 0.2) is 4.99 Å². The number of nitrogens with zero attached hydrogens (tertiary/aromatic N) is 3. The maximum absolute atomic E-state index is 15.0. The van der Waals surface area contributed by atoms with Crippen molar-refractivity contribution in [3.05, 3.63) is 0 Å². The number of hydrogen-bond acceptors (Lipinski definition) is 22. The van der Waals surface area contributed by atoms with Crippen molar-refractivity contribution >= 4 is 123 Å². The molecule has 0 bridgehead atoms. The molecule has 0 radical (unpaired) electrons. The lowest BCUT2D eigenvalue weighted by molar-refractivity contribution is -0.144. The molecule has 39 heteroatoms. The van der Waals surface area contributed by atoms with Gasteiger partial charge in [-0.2, -0.15) is 0 Å². The molecule has 0 aromatic carbocycles. The molecule has 4 heterocycles. The van der Waals surface area contributed by atoms with Gasteiger partial charge in [-0.15, -0.1) is 0 Å². The van der Waals surface area contributed by atoms with Gasteiger partial charge in [0.15, 0.2) is 5.96 Å². The summed E-state index contributed by atoms with van der Waals surface area (Å²) in [6, 6.07) is -19.6. The molecule has 0 aliphatic carbocycles. The summed E-state index contributed by atoms with van der Waals surface area (Å²) in [4.78, 5) is 227. The van der Waals surface area contributed by atoms with E-state index in [1.54, 1.807) is 41.5 Å². The normalized spacial score (nSPS) is 25.4. The van der Waals surface area contributed by atoms with Crippen LogP contribution >= 0.6 is 21.6 Å². The van der Waals surface area contributed by atoms with Crippen molar-refractivity contribution in [3.8, 4) is 0 Å². The number of hydrogen-bond donors (Lipinski definition) is 18. The third-order valence-electron chi connectivity index (χ3n) is 18.3. The van der Waals surface area contributed by atoms with E-state index in [0.717, 1.165) is 21.6 Å². The monoisotopic (exact) mass is 1480 g/mol. The fourth-order valence-electron chi connectivity index (χ4n) is 11.5. The molecule has 37 nitrogen and oxygen atoms in total. The second-order valence-electron chi connectivity index (χ2n) is 25.9. The van der Waals surface area contributed by atoms with Crippen LogP contribution in [0.2, 0.25) is 0 Å². The summed E-state index contributed by atoms with van der Waals surface area (Å²) < 4.78 is 0. The molecular weight excluding hydrogens is 1380 g/mol. The Labute approximate surface area is 599 Å². The Morgan fingerprint density at radius 1 is 0.657 bits per heavy atom. The fraction of sp³-hybridized carbons (Fsp3) is 0.730. The van der Waals surface area contributed by atoms with Crippen LogP contribution in [-0.4, -0.2) is 268 Å². The molecule has 4 aliphatic rings. The average Bonchev–Trinajstić information content (AvgIpc) is 1.76. The Morgan fingerprint density at radius 2 is 1.26 bits per heavy atom. The van der Waals surface area contributed by atoms with Gasteiger partial charge in [0, 0.05) is 31.1 Å². The highest BCUT2D eigenvalue weighted by atomic mass is 33.1. The number of aldehydes is 1. The predicted octanol–water partition coefficient (Wildman–Crippen LogP) is -6.55. The van der Waals surface area contributed by atoms with E-state index in [2.05, 4.69) is 74.1 Å². The summed E-state index contributed by atoms with van der Waals surface area (Å²) >= 11 is 0. The van der Waals surface area contributed by atoms with Crippen LogP contribution in [0.25, 0.3) is 0 Å². The minimum Gasteiger partial charge on any atom is -0.481 e. The van der Waals surface area contributed by atoms with Crippen molar-refractivity contribution in [2.45, 2.75) is 217 Å². The van der Waals surface area contributed by atoms with Gasteiger partial charge in [0.05, 0.1) is 38.3 Å². The van der Waals surface area contributed by atoms with Crippen LogP contribution in [0, 0.1) is 17.8 Å². The Kier molecular flexibility index (Phi) is 36.1. The zero-order chi connectivity index (χ0) is 76.1. The number of aliphatic hydroxyl groups excluding tert-OH is 2. The number of likely N-dealkylation sites (tertiary alicyclic amines) is 1. The molecule has 4 saturated heterocycles. The topological polar surface area (TPSA) is 561 Å². The zero-order valence-electron chi connectivity index (χ0n) is 58.9. The van der Waals surface area contributed by atoms with E-state index in [4.69, 9.17) is 11.5 Å². The third-order valence-corrected chi connectivity index (χ3v) is 20.7. The summed E-state index contributed by atoms with van der Waals surface area (Å²) in [6.45, 7) is 10.4. The SMILES string of the molecule is CC[C@H](C)[C@@H]1NC(=O)[C@H](C)NC(=O)CNC(=O)[C@H](CC(=O)O)NC(=O)[C@@H]2CCCN2C(=O)[C@H]([C@@H](C)CC)NC(=O)[C@@H](NC(=O)[C@@H](NC(=O)[C@@H]2CCCN2)[C@@H](C)CC)CSSC[C@@H](C(=O)N[C@@H](CO)C(=O)N[C@@H](CCCN=C(N)N)C(=O)N[C@@H](CO)C(=O)N[C@@H](C)C(=O)N2CCC[C@H]2C=O)NC1=O. The van der Waals surface area contributed by atoms with Crippen LogP contribution in [0.1, 0.15) is 132 Å². The van der Waals surface area contributed by atoms with Gasteiger partial charge in [-0.1, -0.05) is 82.4 Å². The fourth-order valence-corrected chi connectivity index (χ4v) is 13.8. The van der Waals surface area contributed by atoms with Gasteiger partial charge in [0.1, 0.15) is 78.8 Å². The van der Waals surface area contributed by atoms with Crippen molar-refractivity contribution in [1.29, 1.82) is 0 Å². The number of fused-ring (bicyclic) bond motifs is 1. The van der Waals surface area contributed by atoms with Gasteiger partial charge >= 0.3 is 5.97 Å². The first-order chi connectivity index (χ1) is 48.3. The van der Waals surface area contributed by atoms with E-state index >= 15 is 0 Å². The van der Waals surface area contributed by atoms with Crippen molar-refractivity contribution in [1.82, 2.24) is 78.9 Å². The minimum absolute atomic E-state index is 0.00645. The van der Waals surface area contributed by atoms with Crippen molar-refractivity contribution in [3.63, 3.8) is 0 Å². The standard InChI is InChI=1S/C63H104N18O19S2/c1-9-31(4)47-59(97)75-42(56(94)74-41(28-84)55(93)71-38(18-13-21-67-63(64)65)53(91)73-40(27-83)54(92)70-35(8)61(99)80-22-14-16-36(80)26-82)29-101-102-30-43(76-60(98)48(32(5)10-2)78-52(90)37-17-12-20-66-37)57(95)79-49(33(6)11-3)62(100)81-23-15-19-44(81)58(96)72-39(24-46(86)87)51(89)68-25-45(85)69-34(7)50(88)77-47/h26,31-44,47-49,66,83-84H,9-25,27-30H2,1-8H3,(H,68,89)(H,69,85)(H,70,92)(H,71,93)(H,72,96)(H,73,91)(H,74,94)(H,75,97)(H,76,98)(H,77,88)(H,78,90)(H,79,95)(H,86,87)(H4,64,65,67)/t31-,32-,33-,34-,35-,36-,37-,38-,39-,40-,41-,42-,43-,44-,47-,48-,49-/m0/s1. The number of rotatable bonds is 28. The summed E-state index contributed by atoms with van der Waals surface area (Å²) in [5.74, 6) is -17.4. The number of aliphatic carboxylic acids is 1. The lowest BCUT2D eigenvalue weighted by Gasteiger charge is -2.33. The van der Waals surface area contributed by atoms with Crippen LogP contribution in [-0.2, 0) is 76.7 Å². The van der Waals surface area contributed by atoms with Gasteiger partial charge in [0.25, 0.3) is 0 Å². The Morgan fingerprint density at radius 3 is 1.88 bits per heavy atom. The predicted molar refractivity (Wildman–Crippen MR) is 372 cm³/mol. The maximum atomic E-state index is 15.0. The van der Waals surface area contributed by atoms with Gasteiger partial charge in [-0.05, 0) is 89.5 Å². The highest BCUT2D eigenvalue weighted by Gasteiger charge is 2.43. The van der Waals surface area contributed by atoms with E-state index in [0.29, 0.717) is 44.9 Å². The average molecular weight is 1480 g/mol. The number of carbonyl (C=O) groups excluding carboxylic acids is 15. The van der Waals surface area contributed by atoms with E-state index in [-0.39, 0.29) is 69.9 Å². The molecule has 572 valence electrons. The van der Waals surface area contributed by atoms with E-state index < -0.39 is 223 Å². The summed E-state index contributed by atoms with van der Waals surface area (Å²) in [5.41, 5.74) is 11.0. The molecule has 17 atom stereocenters. The molecule has 0 saturated carbocycles. The molecule has 102 heavy (non-hydrogen) atoms. The summed E-state index contributed by atoms with van der Waals surface area (Å²) in [7, 11) is 1.73. The van der Waals surface area contributed by atoms with Crippen LogP contribution in [0.3, 0.4) is 0 Å². The largest absolute Gasteiger partial charge is 0.481 e. The van der Waals surface area contributed by atoms with E-state index in [9.17, 15) is 92.0 Å². The molecule has 20 N–H and O–H groups in total.